The van der Waals surface area contributed by atoms with Gasteiger partial charge in [-0.05, 0) is 55.3 Å². The first-order chi connectivity index (χ1) is 24.4. The van der Waals surface area contributed by atoms with Crippen LogP contribution in [0.2, 0.25) is 0 Å². The van der Waals surface area contributed by atoms with E-state index in [2.05, 4.69) is 10.5 Å². The van der Waals surface area contributed by atoms with Crippen LogP contribution in [0.3, 0.4) is 0 Å². The number of amides is 1. The van der Waals surface area contributed by atoms with Gasteiger partial charge in [-0.25, -0.2) is 28.3 Å². The van der Waals surface area contributed by atoms with Crippen LogP contribution in [0.1, 0.15) is 32.2 Å². The van der Waals surface area contributed by atoms with Gasteiger partial charge < -0.3 is 38.9 Å². The van der Waals surface area contributed by atoms with Gasteiger partial charge in [-0.2, -0.15) is 0 Å². The lowest BCUT2D eigenvalue weighted by molar-refractivity contribution is -0.0808. The molecule has 0 unspecified atom stereocenters. The molecular weight excluding hydrogens is 650 g/mol. The predicted octanol–water partition coefficient (Wildman–Crippen LogP) is 2.18. The first kappa shape index (κ1) is 33.6. The summed E-state index contributed by atoms with van der Waals surface area (Å²) < 4.78 is 32.8. The lowest BCUT2D eigenvalue weighted by Gasteiger charge is -2.38. The summed E-state index contributed by atoms with van der Waals surface area (Å²) in [5, 5.41) is 18.4. The number of hydrogen-bond acceptors (Lipinski definition) is 11. The Morgan fingerprint density at radius 3 is 2.58 bits per heavy atom. The predicted molar refractivity (Wildman–Crippen MR) is 179 cm³/mol. The highest BCUT2D eigenvalue weighted by molar-refractivity contribution is 5.94. The maximum atomic E-state index is 13.6. The fourth-order valence-corrected chi connectivity index (χ4v) is 6.89. The number of epoxide rings is 1. The van der Waals surface area contributed by atoms with E-state index in [0.717, 1.165) is 11.0 Å². The highest BCUT2D eigenvalue weighted by Gasteiger charge is 2.61. The average molecular weight is 692 g/mol. The zero-order valence-corrected chi connectivity index (χ0v) is 27.8. The molecule has 15 heteroatoms. The Kier molecular flexibility index (Phi) is 9.79. The number of carbonyl (C=O) groups is 1. The van der Waals surface area contributed by atoms with Crippen molar-refractivity contribution < 1.29 is 38.4 Å². The molecule has 4 heterocycles. The van der Waals surface area contributed by atoms with Crippen LogP contribution in [0, 0.1) is 5.92 Å². The molecule has 4 aliphatic rings. The summed E-state index contributed by atoms with van der Waals surface area (Å²) in [7, 11) is 1.59. The van der Waals surface area contributed by atoms with Gasteiger partial charge in [-0.3, -0.25) is 0 Å². The van der Waals surface area contributed by atoms with Gasteiger partial charge in [0.25, 0.3) is 0 Å². The van der Waals surface area contributed by atoms with Gasteiger partial charge in [0.05, 0.1) is 30.7 Å². The molecular formula is C35H41N5O10. The summed E-state index contributed by atoms with van der Waals surface area (Å²) in [5.74, 6) is 0.948. The highest BCUT2D eigenvalue weighted by atomic mass is 16.6. The van der Waals surface area contributed by atoms with Crippen molar-refractivity contribution in [2.45, 2.75) is 75.4 Å². The van der Waals surface area contributed by atoms with Crippen LogP contribution in [0.25, 0.3) is 5.69 Å². The molecule has 3 aromatic rings. The standard InChI is InChI=1S/C35H41N5O10/c1-3-17-36-33(42)46-20-27-26(48-23-11-9-22(45-2)10-12-23)14-13-24(49-27)16-19-47-37-28-25-15-18-38-34(43)39(21-7-5-4-6-8-21)35(44)40(38)29(25)30(41)32-31(28)50-32/h4-14,24-27,29-32,41H,3,15-20H2,1-2H3,(H,36,42)/t24-,25+,26-,27+,29+,30-,31+,32-/m0/s1. The van der Waals surface area contributed by atoms with Crippen LogP contribution in [-0.4, -0.2) is 94.3 Å². The molecule has 7 rings (SSSR count). The van der Waals surface area contributed by atoms with Crippen molar-refractivity contribution >= 4 is 11.8 Å². The van der Waals surface area contributed by atoms with Crippen LogP contribution in [0.15, 0.2) is 81.5 Å². The van der Waals surface area contributed by atoms with Crippen LogP contribution in [0.5, 0.6) is 11.5 Å². The molecule has 8 atom stereocenters. The number of benzene rings is 2. The van der Waals surface area contributed by atoms with Crippen LogP contribution >= 0.6 is 0 Å². The third kappa shape index (κ3) is 6.67. The minimum atomic E-state index is -0.990. The molecule has 2 N–H and O–H groups in total. The van der Waals surface area contributed by atoms with Gasteiger partial charge >= 0.3 is 17.5 Å². The molecule has 266 valence electrons. The largest absolute Gasteiger partial charge is 0.497 e. The number of aliphatic hydroxyl groups is 1. The van der Waals surface area contributed by atoms with Crippen molar-refractivity contribution in [2.75, 3.05) is 26.9 Å². The molecule has 0 spiro atoms. The molecule has 1 saturated carbocycles. The molecule has 2 fully saturated rings. The number of alkyl carbamates (subject to hydrolysis) is 1. The molecule has 1 aromatic heterocycles. The summed E-state index contributed by atoms with van der Waals surface area (Å²) in [6, 6.07) is 15.2. The van der Waals surface area contributed by atoms with Gasteiger partial charge in [0.1, 0.15) is 55.2 Å². The number of nitrogens with one attached hydrogen (secondary N) is 1. The molecule has 1 aliphatic carbocycles. The number of nitrogens with zero attached hydrogens (tertiary/aromatic N) is 4. The third-order valence-electron chi connectivity index (χ3n) is 9.43. The zero-order valence-electron chi connectivity index (χ0n) is 27.8. The van der Waals surface area contributed by atoms with E-state index in [-0.39, 0.29) is 31.8 Å². The Labute approximate surface area is 287 Å². The van der Waals surface area contributed by atoms with E-state index in [1.54, 1.807) is 55.6 Å². The number of ether oxygens (including phenoxy) is 5. The number of carbonyl (C=O) groups excluding carboxylic acids is 1. The quantitative estimate of drug-likeness (QED) is 0.124. The molecule has 0 bridgehead atoms. The Hall–Kier alpha value is -4.86. The van der Waals surface area contributed by atoms with Gasteiger partial charge in [0.15, 0.2) is 0 Å². The van der Waals surface area contributed by atoms with E-state index in [9.17, 15) is 19.5 Å². The van der Waals surface area contributed by atoms with E-state index in [1.807, 2.05) is 25.1 Å². The lowest BCUT2D eigenvalue weighted by Crippen LogP contribution is -2.53. The maximum Gasteiger partial charge on any atom is 0.407 e. The molecule has 2 aromatic carbocycles. The lowest BCUT2D eigenvalue weighted by atomic mass is 9.78. The average Bonchev–Trinajstić information content (AvgIpc) is 3.90. The van der Waals surface area contributed by atoms with Crippen LogP contribution in [-0.2, 0) is 25.6 Å². The number of rotatable bonds is 12. The number of aliphatic hydroxyl groups excluding tert-OH is 1. The first-order valence-corrected chi connectivity index (χ1v) is 17.0. The smallest absolute Gasteiger partial charge is 0.407 e. The summed E-state index contributed by atoms with van der Waals surface area (Å²) >= 11 is 0. The molecule has 15 nitrogen and oxygen atoms in total. The summed E-state index contributed by atoms with van der Waals surface area (Å²) in [5.41, 5.74) is 0.0950. The SMILES string of the molecule is CCCNC(=O)OC[C@H]1O[C@H](CCON=C2[C@H]3CCn4c(=O)n(-c5ccccc5)c(=O)n4[C@H]3[C@H](O)[C@@H]3O[C@H]23)C=C[C@@H]1Oc1ccc(OC)cc1. The van der Waals surface area contributed by atoms with Crippen molar-refractivity contribution in [3.8, 4) is 17.2 Å². The Balaban J connectivity index is 1.02. The molecule has 3 aliphatic heterocycles. The number of methoxy groups -OCH3 is 1. The highest BCUT2D eigenvalue weighted by Crippen LogP contribution is 2.46. The van der Waals surface area contributed by atoms with E-state index < -0.39 is 54.0 Å². The third-order valence-corrected chi connectivity index (χ3v) is 9.43. The second-order valence-corrected chi connectivity index (χ2v) is 12.6. The fraction of sp³-hybridized carbons (Fsp3) is 0.486. The van der Waals surface area contributed by atoms with Crippen molar-refractivity contribution in [1.29, 1.82) is 0 Å². The molecule has 0 radical (unpaired) electrons. The fourth-order valence-electron chi connectivity index (χ4n) is 6.89. The summed E-state index contributed by atoms with van der Waals surface area (Å²) in [6.45, 7) is 2.90. The monoisotopic (exact) mass is 691 g/mol. The zero-order chi connectivity index (χ0) is 34.8. The molecule has 50 heavy (non-hydrogen) atoms. The normalized spacial score (nSPS) is 28.6. The molecule has 1 saturated heterocycles. The summed E-state index contributed by atoms with van der Waals surface area (Å²) in [6.07, 6.45) is 1.51. The van der Waals surface area contributed by atoms with E-state index in [0.29, 0.717) is 42.3 Å². The van der Waals surface area contributed by atoms with Crippen molar-refractivity contribution in [3.05, 3.63) is 87.7 Å². The number of hydrogen-bond donors (Lipinski definition) is 2. The number of para-hydroxylation sites is 1. The van der Waals surface area contributed by atoms with Gasteiger partial charge in [-0.1, -0.05) is 36.4 Å². The minimum Gasteiger partial charge on any atom is -0.497 e. The topological polar surface area (TPSA) is 169 Å². The van der Waals surface area contributed by atoms with Gasteiger partial charge in [-0.15, -0.1) is 0 Å². The van der Waals surface area contributed by atoms with Gasteiger partial charge in [0, 0.05) is 25.4 Å². The second-order valence-electron chi connectivity index (χ2n) is 12.6. The van der Waals surface area contributed by atoms with Crippen molar-refractivity contribution in [2.24, 2.45) is 11.1 Å². The van der Waals surface area contributed by atoms with Gasteiger partial charge in [0.2, 0.25) is 0 Å². The number of oxime groups is 1. The summed E-state index contributed by atoms with van der Waals surface area (Å²) in [4.78, 5) is 44.9. The van der Waals surface area contributed by atoms with E-state index in [4.69, 9.17) is 28.5 Å². The number of aromatic nitrogens is 3. The minimum absolute atomic E-state index is 0.0252. The Bertz CT molecular complexity index is 1830. The second kappa shape index (κ2) is 14.5. The Morgan fingerprint density at radius 1 is 1.04 bits per heavy atom. The van der Waals surface area contributed by atoms with Crippen molar-refractivity contribution in [3.63, 3.8) is 0 Å². The van der Waals surface area contributed by atoms with E-state index >= 15 is 0 Å². The van der Waals surface area contributed by atoms with Crippen LogP contribution in [0.4, 0.5) is 4.79 Å². The number of fused-ring (bicyclic) bond motifs is 4. The van der Waals surface area contributed by atoms with E-state index in [1.165, 1.54) is 9.36 Å². The van der Waals surface area contributed by atoms with Crippen LogP contribution < -0.4 is 26.2 Å². The maximum absolute atomic E-state index is 13.6. The van der Waals surface area contributed by atoms with Crippen molar-refractivity contribution in [1.82, 2.24) is 19.2 Å². The molecule has 1 amide bonds. The first-order valence-electron chi connectivity index (χ1n) is 17.0. The Morgan fingerprint density at radius 2 is 1.82 bits per heavy atom.